The number of nitrogen functional groups attached to an aromatic ring is 1. The first kappa shape index (κ1) is 14.5. The van der Waals surface area contributed by atoms with E-state index in [4.69, 9.17) is 10.5 Å². The van der Waals surface area contributed by atoms with Crippen molar-refractivity contribution in [3.8, 4) is 11.5 Å². The van der Waals surface area contributed by atoms with Gasteiger partial charge in [0, 0.05) is 17.8 Å². The van der Waals surface area contributed by atoms with Crippen molar-refractivity contribution in [3.63, 3.8) is 0 Å². The summed E-state index contributed by atoms with van der Waals surface area (Å²) in [6.07, 6.45) is 0. The van der Waals surface area contributed by atoms with E-state index in [9.17, 15) is 9.90 Å². The van der Waals surface area contributed by atoms with E-state index in [0.29, 0.717) is 22.7 Å². The van der Waals surface area contributed by atoms with Crippen LogP contribution in [0.4, 0.5) is 16.2 Å². The zero-order valence-electron chi connectivity index (χ0n) is 11.6. The average Bonchev–Trinajstić information content (AvgIpc) is 2.49. The minimum absolute atomic E-state index is 0.0850. The second kappa shape index (κ2) is 6.51. The number of rotatable bonds is 4. The van der Waals surface area contributed by atoms with Gasteiger partial charge in [-0.15, -0.1) is 0 Å². The summed E-state index contributed by atoms with van der Waals surface area (Å²) in [4.78, 5) is 11.9. The number of nitrogens with one attached hydrogen (secondary N) is 2. The second-order valence-corrected chi connectivity index (χ2v) is 4.40. The summed E-state index contributed by atoms with van der Waals surface area (Å²) >= 11 is 0. The third kappa shape index (κ3) is 3.79. The molecule has 2 aromatic rings. The van der Waals surface area contributed by atoms with Gasteiger partial charge in [0.15, 0.2) is 0 Å². The Balaban J connectivity index is 1.97. The molecule has 0 unspecified atom stereocenters. The van der Waals surface area contributed by atoms with Crippen LogP contribution in [0.1, 0.15) is 5.56 Å². The van der Waals surface area contributed by atoms with Crippen molar-refractivity contribution in [2.24, 2.45) is 0 Å². The normalized spacial score (nSPS) is 9.95. The molecule has 0 aliphatic carbocycles. The molecule has 0 saturated heterocycles. The molecule has 0 saturated carbocycles. The molecule has 0 aliphatic heterocycles. The summed E-state index contributed by atoms with van der Waals surface area (Å²) in [5.74, 6) is 0.654. The van der Waals surface area contributed by atoms with Crippen LogP contribution in [-0.2, 0) is 6.54 Å². The van der Waals surface area contributed by atoms with E-state index < -0.39 is 6.03 Å². The lowest BCUT2D eigenvalue weighted by molar-refractivity contribution is 0.251. The number of carbonyl (C=O) groups excluding carboxylic acids is 1. The summed E-state index contributed by atoms with van der Waals surface area (Å²) in [5.41, 5.74) is 7.27. The highest BCUT2D eigenvalue weighted by atomic mass is 16.5. The first-order valence-electron chi connectivity index (χ1n) is 6.35. The molecule has 21 heavy (non-hydrogen) atoms. The van der Waals surface area contributed by atoms with Crippen LogP contribution in [0.25, 0.3) is 0 Å². The lowest BCUT2D eigenvalue weighted by atomic mass is 10.2. The van der Waals surface area contributed by atoms with Crippen molar-refractivity contribution in [1.29, 1.82) is 0 Å². The molecule has 0 aromatic heterocycles. The molecule has 6 nitrogen and oxygen atoms in total. The lowest BCUT2D eigenvalue weighted by Gasteiger charge is -2.11. The fraction of sp³-hybridized carbons (Fsp3) is 0.133. The number of hydrogen-bond donors (Lipinski definition) is 4. The Labute approximate surface area is 122 Å². The molecule has 110 valence electrons. The van der Waals surface area contributed by atoms with Gasteiger partial charge in [0.2, 0.25) is 0 Å². The van der Waals surface area contributed by atoms with E-state index in [1.807, 2.05) is 6.07 Å². The Bertz CT molecular complexity index is 644. The van der Waals surface area contributed by atoms with Crippen LogP contribution in [0, 0.1) is 0 Å². The number of ether oxygens (including phenoxy) is 1. The summed E-state index contributed by atoms with van der Waals surface area (Å²) in [7, 11) is 1.53. The molecule has 5 N–H and O–H groups in total. The third-order valence-corrected chi connectivity index (χ3v) is 2.90. The maximum Gasteiger partial charge on any atom is 0.319 e. The fourth-order valence-corrected chi connectivity index (χ4v) is 1.84. The molecule has 0 aliphatic rings. The van der Waals surface area contributed by atoms with Gasteiger partial charge in [-0.05, 0) is 30.3 Å². The highest BCUT2D eigenvalue weighted by molar-refractivity contribution is 5.90. The van der Waals surface area contributed by atoms with Crippen molar-refractivity contribution in [2.45, 2.75) is 6.54 Å². The van der Waals surface area contributed by atoms with Crippen LogP contribution >= 0.6 is 0 Å². The maximum atomic E-state index is 11.9. The first-order chi connectivity index (χ1) is 10.1. The number of urea groups is 1. The highest BCUT2D eigenvalue weighted by Gasteiger charge is 2.08. The Kier molecular flexibility index (Phi) is 4.50. The molecule has 0 fully saturated rings. The van der Waals surface area contributed by atoms with Crippen LogP contribution in [0.3, 0.4) is 0 Å². The molecule has 2 aromatic carbocycles. The van der Waals surface area contributed by atoms with Crippen molar-refractivity contribution < 1.29 is 14.6 Å². The molecule has 0 atom stereocenters. The van der Waals surface area contributed by atoms with E-state index in [2.05, 4.69) is 10.6 Å². The summed E-state index contributed by atoms with van der Waals surface area (Å²) in [6, 6.07) is 11.4. The van der Waals surface area contributed by atoms with Crippen LogP contribution in [0.2, 0.25) is 0 Å². The Morgan fingerprint density at radius 3 is 2.81 bits per heavy atom. The summed E-state index contributed by atoms with van der Waals surface area (Å²) < 4.78 is 5.14. The van der Waals surface area contributed by atoms with Crippen molar-refractivity contribution in [2.75, 3.05) is 18.2 Å². The number of amides is 2. The zero-order chi connectivity index (χ0) is 15.2. The Morgan fingerprint density at radius 1 is 1.29 bits per heavy atom. The minimum atomic E-state index is -0.402. The topological polar surface area (TPSA) is 96.6 Å². The van der Waals surface area contributed by atoms with Gasteiger partial charge in [0.1, 0.15) is 11.5 Å². The van der Waals surface area contributed by atoms with Gasteiger partial charge in [0.25, 0.3) is 0 Å². The summed E-state index contributed by atoms with van der Waals surface area (Å²) in [6.45, 7) is 0.165. The maximum absolute atomic E-state index is 11.9. The number of phenols is 1. The number of nitrogens with two attached hydrogens (primary N) is 1. The molecule has 6 heteroatoms. The number of carbonyl (C=O) groups is 1. The van der Waals surface area contributed by atoms with E-state index in [1.165, 1.54) is 13.2 Å². The SMILES string of the molecule is COc1ccccc1NC(=O)NCc1cc(N)ccc1O. The number of hydrogen-bond acceptors (Lipinski definition) is 4. The molecule has 0 radical (unpaired) electrons. The van der Waals surface area contributed by atoms with Gasteiger partial charge in [-0.2, -0.15) is 0 Å². The molecule has 0 spiro atoms. The van der Waals surface area contributed by atoms with E-state index >= 15 is 0 Å². The summed E-state index contributed by atoms with van der Waals surface area (Å²) in [5, 5.41) is 15.0. The Morgan fingerprint density at radius 2 is 2.05 bits per heavy atom. The van der Waals surface area contributed by atoms with Crippen molar-refractivity contribution >= 4 is 17.4 Å². The fourth-order valence-electron chi connectivity index (χ4n) is 1.84. The van der Waals surface area contributed by atoms with Crippen LogP contribution < -0.4 is 21.1 Å². The first-order valence-corrected chi connectivity index (χ1v) is 6.35. The molecule has 2 amide bonds. The van der Waals surface area contributed by atoms with Gasteiger partial charge in [-0.1, -0.05) is 12.1 Å². The zero-order valence-corrected chi connectivity index (χ0v) is 11.6. The van der Waals surface area contributed by atoms with Crippen molar-refractivity contribution in [1.82, 2.24) is 5.32 Å². The molecular weight excluding hydrogens is 270 g/mol. The van der Waals surface area contributed by atoms with Gasteiger partial charge >= 0.3 is 6.03 Å². The van der Waals surface area contributed by atoms with Gasteiger partial charge in [-0.25, -0.2) is 4.79 Å². The monoisotopic (exact) mass is 287 g/mol. The molecule has 2 rings (SSSR count). The number of methoxy groups -OCH3 is 1. The van der Waals surface area contributed by atoms with Crippen LogP contribution in [-0.4, -0.2) is 18.2 Å². The quantitative estimate of drug-likeness (QED) is 0.512. The third-order valence-electron chi connectivity index (χ3n) is 2.90. The van der Waals surface area contributed by atoms with Crippen LogP contribution in [0.15, 0.2) is 42.5 Å². The number of phenolic OH excluding ortho intramolecular Hbond substituents is 1. The smallest absolute Gasteiger partial charge is 0.319 e. The van der Waals surface area contributed by atoms with E-state index in [-0.39, 0.29) is 12.3 Å². The van der Waals surface area contributed by atoms with Gasteiger partial charge in [-0.3, -0.25) is 0 Å². The average molecular weight is 287 g/mol. The predicted octanol–water partition coefficient (Wildman–Crippen LogP) is 2.30. The Hall–Kier alpha value is -2.89. The van der Waals surface area contributed by atoms with Gasteiger partial charge < -0.3 is 26.2 Å². The van der Waals surface area contributed by atoms with Crippen molar-refractivity contribution in [3.05, 3.63) is 48.0 Å². The van der Waals surface area contributed by atoms with Crippen LogP contribution in [0.5, 0.6) is 11.5 Å². The second-order valence-electron chi connectivity index (χ2n) is 4.40. The minimum Gasteiger partial charge on any atom is -0.508 e. The molecule has 0 heterocycles. The number of aromatic hydroxyl groups is 1. The number of para-hydroxylation sites is 2. The lowest BCUT2D eigenvalue weighted by Crippen LogP contribution is -2.28. The standard InChI is InChI=1S/C15H17N3O3/c1-21-14-5-3-2-4-12(14)18-15(20)17-9-10-8-11(16)6-7-13(10)19/h2-8,19H,9,16H2,1H3,(H2,17,18,20). The molecular formula is C15H17N3O3. The largest absolute Gasteiger partial charge is 0.508 e. The van der Waals surface area contributed by atoms with Gasteiger partial charge in [0.05, 0.1) is 12.8 Å². The van der Waals surface area contributed by atoms with E-state index in [0.717, 1.165) is 0 Å². The predicted molar refractivity (Wildman–Crippen MR) is 81.4 cm³/mol. The number of benzene rings is 2. The van der Waals surface area contributed by atoms with E-state index in [1.54, 1.807) is 30.3 Å². The highest BCUT2D eigenvalue weighted by Crippen LogP contribution is 2.23. The number of anilines is 2. The molecule has 0 bridgehead atoms.